The van der Waals surface area contributed by atoms with Crippen LogP contribution in [0.2, 0.25) is 0 Å². The van der Waals surface area contributed by atoms with E-state index >= 15 is 0 Å². The molecule has 1 N–H and O–H groups in total. The third-order valence-corrected chi connectivity index (χ3v) is 8.36. The number of hydrogen-bond acceptors (Lipinski definition) is 6. The van der Waals surface area contributed by atoms with Crippen molar-refractivity contribution in [2.45, 2.75) is 44.2 Å². The van der Waals surface area contributed by atoms with E-state index in [-0.39, 0.29) is 11.9 Å². The SMILES string of the molecule is Cc1ccc(S(=O)(=O)N2CCC(NC(=O)c3ccccc3OCc3csc(C)n3)CC2)cc1. The van der Waals surface area contributed by atoms with Crippen LogP contribution in [0.25, 0.3) is 0 Å². The second-order valence-electron chi connectivity index (χ2n) is 8.11. The normalized spacial score (nSPS) is 15.3. The Morgan fingerprint density at radius 3 is 2.48 bits per heavy atom. The van der Waals surface area contributed by atoms with Gasteiger partial charge in [0.1, 0.15) is 12.4 Å². The lowest BCUT2D eigenvalue weighted by atomic mass is 10.1. The van der Waals surface area contributed by atoms with Crippen LogP contribution < -0.4 is 10.1 Å². The Morgan fingerprint density at radius 2 is 1.82 bits per heavy atom. The predicted molar refractivity (Wildman–Crippen MR) is 128 cm³/mol. The molecule has 4 rings (SSSR count). The van der Waals surface area contributed by atoms with Gasteiger partial charge in [0.15, 0.2) is 0 Å². The number of carbonyl (C=O) groups excluding carboxylic acids is 1. The van der Waals surface area contributed by atoms with Gasteiger partial charge in [-0.3, -0.25) is 4.79 Å². The zero-order valence-corrected chi connectivity index (χ0v) is 20.3. The average Bonchev–Trinajstić information content (AvgIpc) is 3.23. The van der Waals surface area contributed by atoms with Gasteiger partial charge in [-0.25, -0.2) is 13.4 Å². The van der Waals surface area contributed by atoms with E-state index in [0.29, 0.717) is 48.7 Å². The van der Waals surface area contributed by atoms with Crippen LogP contribution in [0, 0.1) is 13.8 Å². The lowest BCUT2D eigenvalue weighted by Gasteiger charge is -2.31. The van der Waals surface area contributed by atoms with Crippen LogP contribution in [0.4, 0.5) is 0 Å². The van der Waals surface area contributed by atoms with Crippen LogP contribution in [0.3, 0.4) is 0 Å². The van der Waals surface area contributed by atoms with Gasteiger partial charge >= 0.3 is 0 Å². The molecule has 33 heavy (non-hydrogen) atoms. The molecule has 0 aliphatic carbocycles. The van der Waals surface area contributed by atoms with E-state index in [2.05, 4.69) is 10.3 Å². The molecule has 2 heterocycles. The predicted octanol–water partition coefficient (Wildman–Crippen LogP) is 3.92. The number of nitrogens with one attached hydrogen (secondary N) is 1. The summed E-state index contributed by atoms with van der Waals surface area (Å²) in [5, 5.41) is 5.95. The lowest BCUT2D eigenvalue weighted by molar-refractivity contribution is 0.0919. The van der Waals surface area contributed by atoms with Gasteiger partial charge in [0.05, 0.1) is 21.2 Å². The molecule has 1 saturated heterocycles. The van der Waals surface area contributed by atoms with Gasteiger partial charge in [-0.2, -0.15) is 4.31 Å². The first kappa shape index (κ1) is 23.4. The summed E-state index contributed by atoms with van der Waals surface area (Å²) in [5.41, 5.74) is 2.30. The first-order chi connectivity index (χ1) is 15.8. The Bertz CT molecular complexity index is 1210. The van der Waals surface area contributed by atoms with Crippen molar-refractivity contribution in [3.05, 3.63) is 75.7 Å². The number of para-hydroxylation sites is 1. The second kappa shape index (κ2) is 10.0. The van der Waals surface area contributed by atoms with Gasteiger partial charge in [0.25, 0.3) is 5.91 Å². The molecule has 2 aromatic carbocycles. The maximum absolute atomic E-state index is 12.9. The fourth-order valence-corrected chi connectivity index (χ4v) is 5.84. The van der Waals surface area contributed by atoms with E-state index in [4.69, 9.17) is 4.74 Å². The molecular formula is C24H27N3O4S2. The molecule has 1 amide bonds. The Kier molecular flexibility index (Phi) is 7.11. The number of aryl methyl sites for hydroxylation is 2. The topological polar surface area (TPSA) is 88.6 Å². The molecule has 174 valence electrons. The van der Waals surface area contributed by atoms with E-state index in [0.717, 1.165) is 16.3 Å². The number of hydrogen-bond donors (Lipinski definition) is 1. The molecule has 1 aromatic heterocycles. The molecular weight excluding hydrogens is 458 g/mol. The fraction of sp³-hybridized carbons (Fsp3) is 0.333. The molecule has 1 fully saturated rings. The maximum atomic E-state index is 12.9. The van der Waals surface area contributed by atoms with Crippen molar-refractivity contribution < 1.29 is 17.9 Å². The third-order valence-electron chi connectivity index (χ3n) is 5.62. The van der Waals surface area contributed by atoms with E-state index in [9.17, 15) is 13.2 Å². The molecule has 7 nitrogen and oxygen atoms in total. The number of carbonyl (C=O) groups is 1. The zero-order chi connectivity index (χ0) is 23.4. The minimum atomic E-state index is -3.53. The summed E-state index contributed by atoms with van der Waals surface area (Å²) in [7, 11) is -3.53. The standard InChI is InChI=1S/C24H27N3O4S2/c1-17-7-9-21(10-8-17)33(29,30)27-13-11-19(12-14-27)26-24(28)22-5-3-4-6-23(22)31-15-20-16-32-18(2)25-20/h3-10,16,19H,11-15H2,1-2H3,(H,26,28). The van der Waals surface area contributed by atoms with Crippen molar-refractivity contribution in [2.75, 3.05) is 13.1 Å². The highest BCUT2D eigenvalue weighted by Gasteiger charge is 2.30. The fourth-order valence-electron chi connectivity index (χ4n) is 3.77. The summed E-state index contributed by atoms with van der Waals surface area (Å²) in [6.07, 6.45) is 1.11. The van der Waals surface area contributed by atoms with Crippen LogP contribution in [0.1, 0.15) is 39.5 Å². The number of thiazole rings is 1. The number of aromatic nitrogens is 1. The molecule has 0 bridgehead atoms. The number of sulfonamides is 1. The highest BCUT2D eigenvalue weighted by Crippen LogP contribution is 2.23. The average molecular weight is 486 g/mol. The summed E-state index contributed by atoms with van der Waals surface area (Å²) in [6, 6.07) is 13.9. The van der Waals surface area contributed by atoms with E-state index < -0.39 is 10.0 Å². The Hall–Kier alpha value is -2.75. The Balaban J connectivity index is 1.35. The zero-order valence-electron chi connectivity index (χ0n) is 18.7. The summed E-state index contributed by atoms with van der Waals surface area (Å²) < 4.78 is 33.2. The van der Waals surface area contributed by atoms with Crippen molar-refractivity contribution >= 4 is 27.3 Å². The van der Waals surface area contributed by atoms with Crippen molar-refractivity contribution in [1.82, 2.24) is 14.6 Å². The molecule has 1 aliphatic heterocycles. The van der Waals surface area contributed by atoms with Crippen LogP contribution >= 0.6 is 11.3 Å². The molecule has 0 atom stereocenters. The van der Waals surface area contributed by atoms with E-state index in [1.54, 1.807) is 53.8 Å². The number of ether oxygens (including phenoxy) is 1. The van der Waals surface area contributed by atoms with Crippen molar-refractivity contribution in [3.8, 4) is 5.75 Å². The highest BCUT2D eigenvalue weighted by atomic mass is 32.2. The van der Waals surface area contributed by atoms with Crippen LogP contribution in [0.5, 0.6) is 5.75 Å². The minimum absolute atomic E-state index is 0.101. The summed E-state index contributed by atoms with van der Waals surface area (Å²) in [4.78, 5) is 17.6. The first-order valence-electron chi connectivity index (χ1n) is 10.8. The summed E-state index contributed by atoms with van der Waals surface area (Å²) in [6.45, 7) is 4.88. The van der Waals surface area contributed by atoms with Gasteiger partial charge in [-0.15, -0.1) is 11.3 Å². The molecule has 0 unspecified atom stereocenters. The maximum Gasteiger partial charge on any atom is 0.255 e. The summed E-state index contributed by atoms with van der Waals surface area (Å²) in [5.74, 6) is 0.278. The van der Waals surface area contributed by atoms with Gasteiger partial charge < -0.3 is 10.1 Å². The second-order valence-corrected chi connectivity index (χ2v) is 11.1. The van der Waals surface area contributed by atoms with E-state index in [1.807, 2.05) is 25.3 Å². The molecule has 0 radical (unpaired) electrons. The van der Waals surface area contributed by atoms with Gasteiger partial charge in [0.2, 0.25) is 10.0 Å². The molecule has 9 heteroatoms. The number of piperidine rings is 1. The van der Waals surface area contributed by atoms with Crippen LogP contribution in [-0.4, -0.2) is 42.7 Å². The third kappa shape index (κ3) is 5.61. The van der Waals surface area contributed by atoms with E-state index in [1.165, 1.54) is 4.31 Å². The highest BCUT2D eigenvalue weighted by molar-refractivity contribution is 7.89. The van der Waals surface area contributed by atoms with Crippen molar-refractivity contribution in [3.63, 3.8) is 0 Å². The molecule has 0 spiro atoms. The number of benzene rings is 2. The molecule has 3 aromatic rings. The number of nitrogens with zero attached hydrogens (tertiary/aromatic N) is 2. The van der Waals surface area contributed by atoms with Gasteiger partial charge in [-0.05, 0) is 51.0 Å². The lowest BCUT2D eigenvalue weighted by Crippen LogP contribution is -2.46. The largest absolute Gasteiger partial charge is 0.486 e. The first-order valence-corrected chi connectivity index (χ1v) is 13.2. The van der Waals surface area contributed by atoms with Crippen molar-refractivity contribution in [1.29, 1.82) is 0 Å². The quantitative estimate of drug-likeness (QED) is 0.548. The monoisotopic (exact) mass is 485 g/mol. The number of amides is 1. The Morgan fingerprint density at radius 1 is 1.12 bits per heavy atom. The Labute approximate surface area is 198 Å². The van der Waals surface area contributed by atoms with Crippen LogP contribution in [-0.2, 0) is 16.6 Å². The van der Waals surface area contributed by atoms with Gasteiger partial charge in [0, 0.05) is 24.5 Å². The van der Waals surface area contributed by atoms with Crippen molar-refractivity contribution in [2.24, 2.45) is 0 Å². The molecule has 1 aliphatic rings. The van der Waals surface area contributed by atoms with Crippen LogP contribution in [0.15, 0.2) is 58.8 Å². The van der Waals surface area contributed by atoms with Gasteiger partial charge in [-0.1, -0.05) is 29.8 Å². The number of rotatable bonds is 7. The summed E-state index contributed by atoms with van der Waals surface area (Å²) >= 11 is 1.56. The molecule has 0 saturated carbocycles. The smallest absolute Gasteiger partial charge is 0.255 e. The minimum Gasteiger partial charge on any atom is -0.486 e.